The molecule has 0 unspecified atom stereocenters. The number of aromatic nitrogens is 3. The Labute approximate surface area is 83.1 Å². The molecule has 0 amide bonds. The highest BCUT2D eigenvalue weighted by Gasteiger charge is 2.12. The molecule has 2 aromatic heterocycles. The maximum absolute atomic E-state index is 8.74. The zero-order valence-corrected chi connectivity index (χ0v) is 7.69. The van der Waals surface area contributed by atoms with E-state index >= 15 is 0 Å². The van der Waals surface area contributed by atoms with E-state index < -0.39 is 0 Å². The van der Waals surface area contributed by atoms with Crippen LogP contribution < -0.4 is 0 Å². The number of halogens is 2. The van der Waals surface area contributed by atoms with E-state index in [1.165, 1.54) is 6.33 Å². The lowest BCUT2D eigenvalue weighted by atomic mass is 10.3. The molecule has 0 fully saturated rings. The lowest BCUT2D eigenvalue weighted by Gasteiger charge is -1.89. The Morgan fingerprint density at radius 1 is 1.38 bits per heavy atom. The number of nitrogens with zero attached hydrogens (tertiary/aromatic N) is 3. The van der Waals surface area contributed by atoms with Crippen LogP contribution in [0.4, 0.5) is 0 Å². The first-order valence-electron chi connectivity index (χ1n) is 3.32. The summed E-state index contributed by atoms with van der Waals surface area (Å²) < 4.78 is 0. The molecule has 0 aliphatic rings. The van der Waals surface area contributed by atoms with Crippen molar-refractivity contribution in [1.82, 2.24) is 15.0 Å². The summed E-state index contributed by atoms with van der Waals surface area (Å²) >= 11 is 11.5. The number of nitrogens with one attached hydrogen (secondary N) is 1. The fraction of sp³-hybridized carbons (Fsp3) is 0. The Morgan fingerprint density at radius 2 is 2.15 bits per heavy atom. The van der Waals surface area contributed by atoms with Crippen molar-refractivity contribution in [3.63, 3.8) is 0 Å². The molecule has 0 aromatic carbocycles. The van der Waals surface area contributed by atoms with E-state index in [0.29, 0.717) is 16.6 Å². The Morgan fingerprint density at radius 3 is 2.85 bits per heavy atom. The van der Waals surface area contributed by atoms with Gasteiger partial charge in [-0.05, 0) is 0 Å². The van der Waals surface area contributed by atoms with E-state index in [1.54, 1.807) is 0 Å². The van der Waals surface area contributed by atoms with Crippen molar-refractivity contribution in [3.05, 3.63) is 22.2 Å². The summed E-state index contributed by atoms with van der Waals surface area (Å²) in [6.07, 6.45) is 1.29. The highest BCUT2D eigenvalue weighted by atomic mass is 35.5. The molecule has 2 rings (SSSR count). The largest absolute Gasteiger partial charge is 0.341 e. The molecule has 0 atom stereocenters. The number of fused-ring (bicyclic) bond motifs is 1. The van der Waals surface area contributed by atoms with Crippen LogP contribution in [0.2, 0.25) is 10.3 Å². The molecule has 0 aliphatic carbocycles. The average Bonchev–Trinajstić information content (AvgIpc) is 2.43. The van der Waals surface area contributed by atoms with Crippen LogP contribution in [-0.2, 0) is 0 Å². The highest BCUT2D eigenvalue weighted by molar-refractivity contribution is 6.36. The minimum atomic E-state index is 0.236. The molecule has 0 saturated carbocycles. The molecule has 4 nitrogen and oxygen atoms in total. The first-order valence-corrected chi connectivity index (χ1v) is 4.07. The van der Waals surface area contributed by atoms with Gasteiger partial charge in [-0.2, -0.15) is 5.26 Å². The quantitative estimate of drug-likeness (QED) is 0.681. The number of nitriles is 1. The van der Waals surface area contributed by atoms with Gasteiger partial charge < -0.3 is 4.98 Å². The summed E-state index contributed by atoms with van der Waals surface area (Å²) in [5, 5.41) is 9.23. The lowest BCUT2D eigenvalue weighted by molar-refractivity contribution is 1.22. The van der Waals surface area contributed by atoms with Crippen molar-refractivity contribution in [1.29, 1.82) is 5.26 Å². The minimum Gasteiger partial charge on any atom is -0.341 e. The van der Waals surface area contributed by atoms with Gasteiger partial charge in [-0.3, -0.25) is 0 Å². The molecule has 0 radical (unpaired) electrons. The standard InChI is InChI=1S/C7H2Cl2N4/c8-6-3(1-10)4-5(13-6)7(9)12-2-11-4/h2,13H. The van der Waals surface area contributed by atoms with Gasteiger partial charge in [0.25, 0.3) is 0 Å². The second kappa shape index (κ2) is 2.87. The number of rotatable bonds is 0. The fourth-order valence-corrected chi connectivity index (χ4v) is 1.45. The van der Waals surface area contributed by atoms with Gasteiger partial charge >= 0.3 is 0 Å². The lowest BCUT2D eigenvalue weighted by Crippen LogP contribution is -1.81. The van der Waals surface area contributed by atoms with Crippen LogP contribution in [0.3, 0.4) is 0 Å². The molecule has 13 heavy (non-hydrogen) atoms. The van der Waals surface area contributed by atoms with E-state index in [-0.39, 0.29) is 10.3 Å². The topological polar surface area (TPSA) is 65.4 Å². The van der Waals surface area contributed by atoms with Crippen LogP contribution in [0.5, 0.6) is 0 Å². The van der Waals surface area contributed by atoms with Crippen molar-refractivity contribution in [3.8, 4) is 6.07 Å². The van der Waals surface area contributed by atoms with E-state index in [9.17, 15) is 0 Å². The third kappa shape index (κ3) is 1.13. The number of H-pyrrole nitrogens is 1. The molecule has 2 aromatic rings. The molecule has 0 aliphatic heterocycles. The van der Waals surface area contributed by atoms with E-state index in [1.807, 2.05) is 6.07 Å². The van der Waals surface area contributed by atoms with Crippen molar-refractivity contribution in [2.75, 3.05) is 0 Å². The van der Waals surface area contributed by atoms with Gasteiger partial charge in [0.2, 0.25) is 0 Å². The predicted octanol–water partition coefficient (Wildman–Crippen LogP) is 2.14. The Bertz CT molecular complexity index is 511. The molecular weight excluding hydrogens is 211 g/mol. The smallest absolute Gasteiger partial charge is 0.156 e. The van der Waals surface area contributed by atoms with Crippen molar-refractivity contribution >= 4 is 34.2 Å². The Kier molecular flexibility index (Phi) is 1.83. The Hall–Kier alpha value is -1.31. The van der Waals surface area contributed by atoms with E-state index in [4.69, 9.17) is 28.5 Å². The summed E-state index contributed by atoms with van der Waals surface area (Å²) in [4.78, 5) is 10.4. The average molecular weight is 213 g/mol. The first-order chi connectivity index (χ1) is 6.24. The number of aromatic amines is 1. The predicted molar refractivity (Wildman–Crippen MR) is 48.6 cm³/mol. The highest BCUT2D eigenvalue weighted by Crippen LogP contribution is 2.26. The molecule has 64 valence electrons. The van der Waals surface area contributed by atoms with Gasteiger partial charge in [0.05, 0.1) is 0 Å². The Balaban J connectivity index is 2.96. The molecule has 0 bridgehead atoms. The summed E-state index contributed by atoms with van der Waals surface area (Å²) in [5.74, 6) is 0. The molecule has 0 spiro atoms. The second-order valence-corrected chi connectivity index (χ2v) is 3.05. The van der Waals surface area contributed by atoms with E-state index in [0.717, 1.165) is 0 Å². The zero-order valence-electron chi connectivity index (χ0n) is 6.17. The number of hydrogen-bond acceptors (Lipinski definition) is 3. The second-order valence-electron chi connectivity index (χ2n) is 2.31. The van der Waals surface area contributed by atoms with Gasteiger partial charge in [-0.1, -0.05) is 23.2 Å². The monoisotopic (exact) mass is 212 g/mol. The summed E-state index contributed by atoms with van der Waals surface area (Å²) in [5.41, 5.74) is 1.24. The van der Waals surface area contributed by atoms with Gasteiger partial charge in [0, 0.05) is 0 Å². The van der Waals surface area contributed by atoms with Gasteiger partial charge in [0.1, 0.15) is 34.1 Å². The summed E-state index contributed by atoms with van der Waals surface area (Å²) in [6, 6.07) is 1.93. The third-order valence-corrected chi connectivity index (χ3v) is 2.17. The summed E-state index contributed by atoms with van der Waals surface area (Å²) in [7, 11) is 0. The normalized spacial score (nSPS) is 10.2. The van der Waals surface area contributed by atoms with Gasteiger partial charge in [-0.15, -0.1) is 0 Å². The first kappa shape index (κ1) is 8.30. The van der Waals surface area contributed by atoms with Gasteiger partial charge in [-0.25, -0.2) is 9.97 Å². The maximum Gasteiger partial charge on any atom is 0.156 e. The SMILES string of the molecule is N#Cc1c(Cl)[nH]c2c(Cl)ncnc12. The van der Waals surface area contributed by atoms with Gasteiger partial charge in [0.15, 0.2) is 5.15 Å². The fourth-order valence-electron chi connectivity index (χ4n) is 1.04. The third-order valence-electron chi connectivity index (χ3n) is 1.60. The molecule has 0 saturated heterocycles. The molecular formula is C7H2Cl2N4. The van der Waals surface area contributed by atoms with Crippen LogP contribution in [0.1, 0.15) is 5.56 Å². The van der Waals surface area contributed by atoms with Crippen LogP contribution in [0.15, 0.2) is 6.33 Å². The van der Waals surface area contributed by atoms with Crippen LogP contribution in [0, 0.1) is 11.3 Å². The van der Waals surface area contributed by atoms with E-state index in [2.05, 4.69) is 15.0 Å². The molecule has 1 N–H and O–H groups in total. The zero-order chi connectivity index (χ0) is 9.42. The number of hydrogen-bond donors (Lipinski definition) is 1. The van der Waals surface area contributed by atoms with Crippen molar-refractivity contribution in [2.24, 2.45) is 0 Å². The van der Waals surface area contributed by atoms with Crippen LogP contribution in [0.25, 0.3) is 11.0 Å². The molecule has 6 heteroatoms. The van der Waals surface area contributed by atoms with Crippen LogP contribution >= 0.6 is 23.2 Å². The minimum absolute atomic E-state index is 0.236. The molecule has 2 heterocycles. The maximum atomic E-state index is 8.74. The van der Waals surface area contributed by atoms with Crippen molar-refractivity contribution < 1.29 is 0 Å². The van der Waals surface area contributed by atoms with Crippen molar-refractivity contribution in [2.45, 2.75) is 0 Å². The van der Waals surface area contributed by atoms with Crippen LogP contribution in [-0.4, -0.2) is 15.0 Å². The summed E-state index contributed by atoms with van der Waals surface area (Å²) in [6.45, 7) is 0.